The first-order chi connectivity index (χ1) is 19.1. The second kappa shape index (κ2) is 8.88. The average Bonchev–Trinajstić information content (AvgIpc) is 3.63. The zero-order valence-corrected chi connectivity index (χ0v) is 21.4. The molecular weight excluding hydrogens is 492 g/mol. The van der Waals surface area contributed by atoms with Gasteiger partial charge in [0.15, 0.2) is 5.76 Å². The number of nitrogens with one attached hydrogen (secondary N) is 3. The molecule has 1 aliphatic heterocycles. The predicted molar refractivity (Wildman–Crippen MR) is 152 cm³/mol. The van der Waals surface area contributed by atoms with Crippen LogP contribution in [0.25, 0.3) is 38.5 Å². The standard InChI is InChI=1S/C30H30N6O3/c31-9-1-2-12-34-20-13-30(27-22(39-30)6-4-19-24(27)17(8-11-33)15-36-19)29(37)26-25-21(38-28(20)26)5-3-18-23(25)16(7-10-32)14-35-18/h2-6,12-15,34-36H,1,7-11,31-33H2/b12-2+. The molecule has 3 aromatic heterocycles. The van der Waals surface area contributed by atoms with E-state index in [1.807, 2.05) is 55.0 Å². The number of ketones is 1. The van der Waals surface area contributed by atoms with Crippen molar-refractivity contribution < 1.29 is 13.9 Å². The number of furan rings is 1. The first-order valence-corrected chi connectivity index (χ1v) is 13.3. The SMILES string of the molecule is NCC/C=C/NC1=CC2(Oc3ccc4[nH]cc(CCN)c4c32)C(=O)c2c1oc1ccc3[nH]cc(CCN)c3c21. The molecule has 9 nitrogen and oxygen atoms in total. The summed E-state index contributed by atoms with van der Waals surface area (Å²) in [5.74, 6) is 1.03. The lowest BCUT2D eigenvalue weighted by Gasteiger charge is -2.43. The fourth-order valence-electron chi connectivity index (χ4n) is 6.12. The monoisotopic (exact) mass is 522 g/mol. The third-order valence-electron chi connectivity index (χ3n) is 7.79. The van der Waals surface area contributed by atoms with Crippen LogP contribution in [0.15, 0.2) is 59.4 Å². The van der Waals surface area contributed by atoms with Gasteiger partial charge in [0.2, 0.25) is 11.4 Å². The van der Waals surface area contributed by atoms with Crippen molar-refractivity contribution in [1.29, 1.82) is 0 Å². The van der Waals surface area contributed by atoms with E-state index >= 15 is 0 Å². The highest BCUT2D eigenvalue weighted by molar-refractivity contribution is 6.25. The predicted octanol–water partition coefficient (Wildman–Crippen LogP) is 3.68. The van der Waals surface area contributed by atoms with E-state index in [1.54, 1.807) is 0 Å². The van der Waals surface area contributed by atoms with E-state index < -0.39 is 5.60 Å². The van der Waals surface area contributed by atoms with Gasteiger partial charge < -0.3 is 41.6 Å². The lowest BCUT2D eigenvalue weighted by atomic mass is 9.74. The Morgan fingerprint density at radius 1 is 0.897 bits per heavy atom. The van der Waals surface area contributed by atoms with Crippen LogP contribution in [-0.4, -0.2) is 35.4 Å². The van der Waals surface area contributed by atoms with E-state index in [-0.39, 0.29) is 5.78 Å². The minimum absolute atomic E-state index is 0.153. The topological polar surface area (TPSA) is 161 Å². The van der Waals surface area contributed by atoms with E-state index in [2.05, 4.69) is 15.3 Å². The third kappa shape index (κ3) is 3.27. The van der Waals surface area contributed by atoms with Crippen molar-refractivity contribution >= 4 is 44.3 Å². The van der Waals surface area contributed by atoms with Gasteiger partial charge in [0, 0.05) is 39.6 Å². The first kappa shape index (κ1) is 23.8. The Bertz CT molecular complexity index is 1840. The van der Waals surface area contributed by atoms with Gasteiger partial charge in [-0.2, -0.15) is 0 Å². The number of aromatic nitrogens is 2. The fraction of sp³-hybridized carbons (Fsp3) is 0.233. The second-order valence-corrected chi connectivity index (χ2v) is 10.1. The molecule has 9 heteroatoms. The summed E-state index contributed by atoms with van der Waals surface area (Å²) in [6.45, 7) is 1.53. The molecule has 0 radical (unpaired) electrons. The molecule has 2 aromatic carbocycles. The van der Waals surface area contributed by atoms with Crippen LogP contribution in [0, 0.1) is 0 Å². The molecule has 1 spiro atoms. The molecular formula is C30H30N6O3. The van der Waals surface area contributed by atoms with E-state index in [4.69, 9.17) is 26.4 Å². The molecule has 1 unspecified atom stereocenters. The van der Waals surface area contributed by atoms with Gasteiger partial charge in [0.05, 0.1) is 16.8 Å². The molecule has 4 heterocycles. The molecule has 0 saturated heterocycles. The minimum atomic E-state index is -1.30. The van der Waals surface area contributed by atoms with Crippen molar-refractivity contribution in [1.82, 2.24) is 15.3 Å². The molecule has 0 saturated carbocycles. The molecule has 2 aliphatic rings. The summed E-state index contributed by atoms with van der Waals surface area (Å²) in [5, 5.41) is 6.07. The summed E-state index contributed by atoms with van der Waals surface area (Å²) in [6.07, 6.45) is 11.6. The molecule has 198 valence electrons. The number of carbonyl (C=O) groups is 1. The number of hydrogen-bond acceptors (Lipinski definition) is 7. The van der Waals surface area contributed by atoms with Crippen LogP contribution in [0.1, 0.15) is 39.2 Å². The van der Waals surface area contributed by atoms with Gasteiger partial charge in [-0.25, -0.2) is 0 Å². The molecule has 39 heavy (non-hydrogen) atoms. The zero-order chi connectivity index (χ0) is 26.7. The van der Waals surface area contributed by atoms with Gasteiger partial charge in [-0.05, 0) is 86.6 Å². The quantitative estimate of drug-likeness (QED) is 0.181. The Labute approximate surface area is 224 Å². The average molecular weight is 523 g/mol. The summed E-state index contributed by atoms with van der Waals surface area (Å²) in [5.41, 5.74) is 22.9. The van der Waals surface area contributed by atoms with Crippen LogP contribution < -0.4 is 27.3 Å². The number of H-pyrrole nitrogens is 2. The van der Waals surface area contributed by atoms with Gasteiger partial charge in [-0.15, -0.1) is 0 Å². The van der Waals surface area contributed by atoms with Crippen molar-refractivity contribution in [3.63, 3.8) is 0 Å². The second-order valence-electron chi connectivity index (χ2n) is 10.1. The number of benzene rings is 2. The van der Waals surface area contributed by atoms with Crippen molar-refractivity contribution in [2.45, 2.75) is 24.9 Å². The van der Waals surface area contributed by atoms with Crippen molar-refractivity contribution in [3.05, 3.63) is 83.0 Å². The molecule has 5 aromatic rings. The number of carbonyl (C=O) groups excluding carboxylic acids is 1. The maximum absolute atomic E-state index is 14.7. The molecule has 0 bridgehead atoms. The van der Waals surface area contributed by atoms with Crippen LogP contribution >= 0.6 is 0 Å². The van der Waals surface area contributed by atoms with Crippen LogP contribution in [0.4, 0.5) is 0 Å². The number of aromatic amines is 2. The number of hydrogen-bond donors (Lipinski definition) is 6. The molecule has 0 amide bonds. The Balaban J connectivity index is 1.51. The largest absolute Gasteiger partial charge is 0.469 e. The molecule has 1 atom stereocenters. The Morgan fingerprint density at radius 2 is 1.62 bits per heavy atom. The van der Waals surface area contributed by atoms with Crippen LogP contribution in [0.2, 0.25) is 0 Å². The summed E-state index contributed by atoms with van der Waals surface area (Å²) in [6, 6.07) is 7.77. The molecule has 7 rings (SSSR count). The smallest absolute Gasteiger partial charge is 0.221 e. The van der Waals surface area contributed by atoms with E-state index in [1.165, 1.54) is 0 Å². The summed E-state index contributed by atoms with van der Waals surface area (Å²) in [7, 11) is 0. The third-order valence-corrected chi connectivity index (χ3v) is 7.79. The highest BCUT2D eigenvalue weighted by Gasteiger charge is 2.56. The summed E-state index contributed by atoms with van der Waals surface area (Å²) in [4.78, 5) is 21.4. The van der Waals surface area contributed by atoms with Gasteiger partial charge >= 0.3 is 0 Å². The van der Waals surface area contributed by atoms with Gasteiger partial charge in [0.25, 0.3) is 0 Å². The highest BCUT2D eigenvalue weighted by atomic mass is 16.5. The Kier molecular flexibility index (Phi) is 5.41. The van der Waals surface area contributed by atoms with Crippen molar-refractivity contribution in [2.24, 2.45) is 17.2 Å². The number of Topliss-reactive ketones (excluding diaryl/α,β-unsaturated/α-hetero) is 1. The Morgan fingerprint density at radius 3 is 2.36 bits per heavy atom. The number of nitrogens with two attached hydrogens (primary N) is 3. The summed E-state index contributed by atoms with van der Waals surface area (Å²) < 4.78 is 12.8. The van der Waals surface area contributed by atoms with Gasteiger partial charge in [-0.3, -0.25) is 4.79 Å². The lowest BCUT2D eigenvalue weighted by Crippen LogP contribution is -2.49. The first-order valence-electron chi connectivity index (χ1n) is 13.3. The van der Waals surface area contributed by atoms with Crippen molar-refractivity contribution in [3.8, 4) is 5.75 Å². The number of fused-ring (bicyclic) bond motifs is 9. The maximum atomic E-state index is 14.7. The van der Waals surface area contributed by atoms with E-state index in [9.17, 15) is 4.79 Å². The highest BCUT2D eigenvalue weighted by Crippen LogP contribution is 2.55. The normalized spacial score (nSPS) is 18.1. The van der Waals surface area contributed by atoms with E-state index in [0.29, 0.717) is 60.8 Å². The molecule has 9 N–H and O–H groups in total. The van der Waals surface area contributed by atoms with Crippen LogP contribution in [0.5, 0.6) is 5.75 Å². The number of ether oxygens (including phenoxy) is 1. The maximum Gasteiger partial charge on any atom is 0.221 e. The van der Waals surface area contributed by atoms with Gasteiger partial charge in [-0.1, -0.05) is 6.08 Å². The van der Waals surface area contributed by atoms with Crippen LogP contribution in [-0.2, 0) is 18.4 Å². The zero-order valence-electron chi connectivity index (χ0n) is 21.4. The Hall–Kier alpha value is -4.31. The van der Waals surface area contributed by atoms with E-state index in [0.717, 1.165) is 50.3 Å². The number of rotatable bonds is 8. The minimum Gasteiger partial charge on any atom is -0.469 e. The molecule has 1 aliphatic carbocycles. The summed E-state index contributed by atoms with van der Waals surface area (Å²) >= 11 is 0. The van der Waals surface area contributed by atoms with Crippen LogP contribution in [0.3, 0.4) is 0 Å². The fourth-order valence-corrected chi connectivity index (χ4v) is 6.12. The molecule has 0 fully saturated rings. The van der Waals surface area contributed by atoms with Crippen molar-refractivity contribution in [2.75, 3.05) is 19.6 Å². The van der Waals surface area contributed by atoms with Gasteiger partial charge in [0.1, 0.15) is 11.3 Å². The lowest BCUT2D eigenvalue weighted by molar-refractivity contribution is 0.0425.